The van der Waals surface area contributed by atoms with Crippen LogP contribution in [0.1, 0.15) is 20.3 Å². The van der Waals surface area contributed by atoms with Gasteiger partial charge in [0.15, 0.2) is 0 Å². The van der Waals surface area contributed by atoms with E-state index in [-0.39, 0.29) is 6.61 Å². The second kappa shape index (κ2) is 5.19. The maximum absolute atomic E-state index is 12.0. The lowest BCUT2D eigenvalue weighted by Gasteiger charge is -2.20. The van der Waals surface area contributed by atoms with Gasteiger partial charge in [0, 0.05) is 0 Å². The minimum absolute atomic E-state index is 0.0892. The number of aliphatic hydroxyl groups excluding tert-OH is 1. The van der Waals surface area contributed by atoms with Gasteiger partial charge in [-0.05, 0) is 6.92 Å². The van der Waals surface area contributed by atoms with Crippen LogP contribution in [-0.4, -0.2) is 30.0 Å². The number of ether oxygens (including phenoxy) is 1. The van der Waals surface area contributed by atoms with Crippen molar-refractivity contribution in [3.8, 4) is 0 Å². The summed E-state index contributed by atoms with van der Waals surface area (Å²) in [5.41, 5.74) is 0. The highest BCUT2D eigenvalue weighted by Crippen LogP contribution is 2.29. The normalized spacial score (nSPS) is 16.1. The molecule has 0 rings (SSSR count). The molecule has 0 saturated carbocycles. The zero-order valence-electron chi connectivity index (χ0n) is 7.97. The molecule has 84 valence electrons. The molecule has 0 aliphatic rings. The average Bonchev–Trinajstić information content (AvgIpc) is 2.01. The van der Waals surface area contributed by atoms with E-state index < -0.39 is 30.6 Å². The highest BCUT2D eigenvalue weighted by Gasteiger charge is 2.41. The van der Waals surface area contributed by atoms with E-state index in [4.69, 9.17) is 5.11 Å². The van der Waals surface area contributed by atoms with Gasteiger partial charge in [-0.15, -0.1) is 0 Å². The molecule has 0 heterocycles. The summed E-state index contributed by atoms with van der Waals surface area (Å²) in [4.78, 5) is 10.7. The van der Waals surface area contributed by atoms with Crippen LogP contribution in [0, 0.1) is 5.92 Å². The number of aliphatic hydroxyl groups is 1. The van der Waals surface area contributed by atoms with Crippen molar-refractivity contribution in [3.05, 3.63) is 0 Å². The first-order chi connectivity index (χ1) is 6.29. The van der Waals surface area contributed by atoms with Crippen LogP contribution in [-0.2, 0) is 9.53 Å². The monoisotopic (exact) mass is 214 g/mol. The van der Waals surface area contributed by atoms with Gasteiger partial charge in [0.25, 0.3) is 0 Å². The maximum atomic E-state index is 12.0. The van der Waals surface area contributed by atoms with Crippen LogP contribution in [0.4, 0.5) is 13.2 Å². The van der Waals surface area contributed by atoms with Gasteiger partial charge in [-0.3, -0.25) is 4.79 Å². The molecule has 0 amide bonds. The number of hydrogen-bond donors (Lipinski definition) is 1. The van der Waals surface area contributed by atoms with Crippen molar-refractivity contribution in [3.63, 3.8) is 0 Å². The number of hydrogen-bond acceptors (Lipinski definition) is 3. The van der Waals surface area contributed by atoms with Crippen LogP contribution in [0.3, 0.4) is 0 Å². The Bertz CT molecular complexity index is 191. The first-order valence-electron chi connectivity index (χ1n) is 4.19. The second-order valence-corrected chi connectivity index (χ2v) is 2.91. The molecule has 3 nitrogen and oxygen atoms in total. The quantitative estimate of drug-likeness (QED) is 0.721. The van der Waals surface area contributed by atoms with Crippen molar-refractivity contribution in [2.24, 2.45) is 5.92 Å². The highest BCUT2D eigenvalue weighted by atomic mass is 19.4. The summed E-state index contributed by atoms with van der Waals surface area (Å²) in [5, 5.41) is 9.03. The molecule has 0 saturated heterocycles. The van der Waals surface area contributed by atoms with Crippen molar-refractivity contribution >= 4 is 5.97 Å². The van der Waals surface area contributed by atoms with E-state index in [9.17, 15) is 18.0 Å². The largest absolute Gasteiger partial charge is 0.466 e. The molecular weight excluding hydrogens is 201 g/mol. The molecular formula is C8H13F3O3. The van der Waals surface area contributed by atoms with Crippen molar-refractivity contribution in [1.29, 1.82) is 0 Å². The van der Waals surface area contributed by atoms with E-state index in [1.807, 2.05) is 0 Å². The lowest BCUT2D eigenvalue weighted by molar-refractivity contribution is -0.196. The summed E-state index contributed by atoms with van der Waals surface area (Å²) in [6.45, 7) is 2.45. The predicted octanol–water partition coefficient (Wildman–Crippen LogP) is 1.50. The molecule has 0 aromatic heterocycles. The number of esters is 1. The third-order valence-electron chi connectivity index (χ3n) is 1.77. The number of alkyl halides is 3. The molecule has 14 heavy (non-hydrogen) atoms. The fraction of sp³-hybridized carbons (Fsp3) is 0.875. The van der Waals surface area contributed by atoms with E-state index >= 15 is 0 Å². The maximum Gasteiger partial charge on any atom is 0.394 e. The van der Waals surface area contributed by atoms with Gasteiger partial charge in [-0.2, -0.15) is 13.2 Å². The summed E-state index contributed by atoms with van der Waals surface area (Å²) in [7, 11) is 0. The summed E-state index contributed by atoms with van der Waals surface area (Å²) in [6.07, 6.45) is -6.87. The molecule has 6 heteroatoms. The first kappa shape index (κ1) is 13.2. The van der Waals surface area contributed by atoms with E-state index in [1.165, 1.54) is 6.92 Å². The van der Waals surface area contributed by atoms with Crippen LogP contribution >= 0.6 is 0 Å². The van der Waals surface area contributed by atoms with Crippen molar-refractivity contribution in [1.82, 2.24) is 0 Å². The number of carbonyl (C=O) groups is 1. The van der Waals surface area contributed by atoms with E-state index in [0.717, 1.165) is 6.92 Å². The molecule has 0 aromatic carbocycles. The van der Waals surface area contributed by atoms with E-state index in [1.54, 1.807) is 0 Å². The molecule has 0 spiro atoms. The van der Waals surface area contributed by atoms with Gasteiger partial charge in [-0.1, -0.05) is 6.92 Å². The van der Waals surface area contributed by atoms with Gasteiger partial charge in [0.1, 0.15) is 0 Å². The second-order valence-electron chi connectivity index (χ2n) is 2.91. The highest BCUT2D eigenvalue weighted by molar-refractivity contribution is 5.69. The van der Waals surface area contributed by atoms with Crippen LogP contribution in [0.25, 0.3) is 0 Å². The Morgan fingerprint density at radius 2 is 2.00 bits per heavy atom. The summed E-state index contributed by atoms with van der Waals surface area (Å²) in [6, 6.07) is 0. The molecule has 1 N–H and O–H groups in total. The van der Waals surface area contributed by atoms with Crippen molar-refractivity contribution < 1.29 is 27.8 Å². The summed E-state index contributed by atoms with van der Waals surface area (Å²) < 4.78 is 40.5. The molecule has 2 atom stereocenters. The number of carbonyl (C=O) groups excluding carboxylic acids is 1. The molecule has 0 aliphatic heterocycles. The topological polar surface area (TPSA) is 46.5 Å². The van der Waals surface area contributed by atoms with Crippen LogP contribution in [0.15, 0.2) is 0 Å². The summed E-state index contributed by atoms with van der Waals surface area (Å²) in [5.74, 6) is -2.75. The predicted molar refractivity (Wildman–Crippen MR) is 42.5 cm³/mol. The molecule has 0 fully saturated rings. The summed E-state index contributed by atoms with van der Waals surface area (Å²) >= 11 is 0. The Morgan fingerprint density at radius 3 is 2.36 bits per heavy atom. The Labute approximate surface area is 79.9 Å². The van der Waals surface area contributed by atoms with Crippen molar-refractivity contribution in [2.45, 2.75) is 32.5 Å². The molecule has 0 bridgehead atoms. The Morgan fingerprint density at radius 1 is 1.50 bits per heavy atom. The third-order valence-corrected chi connectivity index (χ3v) is 1.77. The van der Waals surface area contributed by atoms with Gasteiger partial charge in [0.05, 0.1) is 25.0 Å². The Balaban J connectivity index is 4.08. The average molecular weight is 214 g/mol. The number of rotatable bonds is 4. The SMILES string of the molecule is CCOC(=O)C[C@@H](O)[C@H](C)C(F)(F)F. The van der Waals surface area contributed by atoms with Gasteiger partial charge in [-0.25, -0.2) is 0 Å². The standard InChI is InChI=1S/C8H13F3O3/c1-3-14-7(13)4-6(12)5(2)8(9,10)11/h5-6,12H,3-4H2,1-2H3/t5-,6+/m0/s1. The van der Waals surface area contributed by atoms with Gasteiger partial charge in [0.2, 0.25) is 0 Å². The molecule has 0 aliphatic carbocycles. The van der Waals surface area contributed by atoms with Crippen LogP contribution in [0.5, 0.6) is 0 Å². The first-order valence-corrected chi connectivity index (χ1v) is 4.19. The Hall–Kier alpha value is -0.780. The van der Waals surface area contributed by atoms with Crippen LogP contribution in [0.2, 0.25) is 0 Å². The van der Waals surface area contributed by atoms with E-state index in [0.29, 0.717) is 0 Å². The lowest BCUT2D eigenvalue weighted by atomic mass is 10.0. The van der Waals surface area contributed by atoms with E-state index in [2.05, 4.69) is 4.74 Å². The fourth-order valence-corrected chi connectivity index (χ4v) is 0.786. The lowest BCUT2D eigenvalue weighted by Crippen LogP contribution is -2.33. The van der Waals surface area contributed by atoms with Gasteiger partial charge >= 0.3 is 12.1 Å². The smallest absolute Gasteiger partial charge is 0.394 e. The zero-order chi connectivity index (χ0) is 11.4. The molecule has 0 unspecified atom stereocenters. The van der Waals surface area contributed by atoms with Gasteiger partial charge < -0.3 is 9.84 Å². The molecule has 0 radical (unpaired) electrons. The minimum Gasteiger partial charge on any atom is -0.466 e. The fourth-order valence-electron chi connectivity index (χ4n) is 0.786. The zero-order valence-corrected chi connectivity index (χ0v) is 7.97. The third kappa shape index (κ3) is 4.45. The minimum atomic E-state index is -4.49. The molecule has 0 aromatic rings. The number of halogens is 3. The Kier molecular flexibility index (Phi) is 4.90. The van der Waals surface area contributed by atoms with Crippen LogP contribution < -0.4 is 0 Å². The van der Waals surface area contributed by atoms with Crippen molar-refractivity contribution in [2.75, 3.05) is 6.61 Å².